The number of aromatic nitrogens is 2. The normalized spacial score (nSPS) is 18.9. The van der Waals surface area contributed by atoms with Crippen LogP contribution in [0.1, 0.15) is 75.4 Å². The highest BCUT2D eigenvalue weighted by Gasteiger charge is 2.32. The molecule has 20 heavy (non-hydrogen) atoms. The van der Waals surface area contributed by atoms with Gasteiger partial charge in [0.1, 0.15) is 11.4 Å². The monoisotopic (exact) mass is 274 g/mol. The van der Waals surface area contributed by atoms with Crippen molar-refractivity contribution in [2.24, 2.45) is 0 Å². The highest BCUT2D eigenvalue weighted by molar-refractivity contribution is 5.73. The molecule has 0 N–H and O–H groups in total. The van der Waals surface area contributed by atoms with Crippen LogP contribution in [0.2, 0.25) is 0 Å². The number of nitrogens with zero attached hydrogens (tertiary/aromatic N) is 2. The van der Waals surface area contributed by atoms with Crippen LogP contribution in [0.25, 0.3) is 0 Å². The van der Waals surface area contributed by atoms with Gasteiger partial charge in [-0.05, 0) is 46.5 Å². The van der Waals surface area contributed by atoms with Gasteiger partial charge in [0.15, 0.2) is 0 Å². The second-order valence-corrected chi connectivity index (χ2v) is 6.95. The average molecular weight is 274 g/mol. The van der Waals surface area contributed by atoms with Gasteiger partial charge in [0.2, 0.25) is 0 Å². The zero-order valence-electron chi connectivity index (χ0n) is 12.5. The summed E-state index contributed by atoms with van der Waals surface area (Å²) in [5.41, 5.74) is 1.60. The molecule has 4 nitrogen and oxygen atoms in total. The third-order valence-corrected chi connectivity index (χ3v) is 3.58. The minimum Gasteiger partial charge on any atom is -0.460 e. The zero-order chi connectivity index (χ0) is 14.3. The Morgan fingerprint density at radius 1 is 1.25 bits per heavy atom. The van der Waals surface area contributed by atoms with E-state index in [1.807, 2.05) is 27.0 Å². The predicted molar refractivity (Wildman–Crippen MR) is 75.5 cm³/mol. The molecule has 0 radical (unpaired) electrons. The van der Waals surface area contributed by atoms with Crippen molar-refractivity contribution in [3.63, 3.8) is 0 Å². The molecule has 2 saturated carbocycles. The predicted octanol–water partition coefficient (Wildman–Crippen LogP) is 3.12. The smallest absolute Gasteiger partial charge is 0.310 e. The highest BCUT2D eigenvalue weighted by atomic mass is 16.6. The quantitative estimate of drug-likeness (QED) is 0.792. The first-order chi connectivity index (χ1) is 9.42. The summed E-state index contributed by atoms with van der Waals surface area (Å²) < 4.78 is 5.39. The number of rotatable bonds is 4. The fourth-order valence-electron chi connectivity index (χ4n) is 2.35. The molecule has 4 heteroatoms. The van der Waals surface area contributed by atoms with E-state index in [1.165, 1.54) is 25.7 Å². The van der Waals surface area contributed by atoms with Crippen LogP contribution in [0.4, 0.5) is 0 Å². The van der Waals surface area contributed by atoms with Crippen molar-refractivity contribution in [3.05, 3.63) is 23.3 Å². The van der Waals surface area contributed by atoms with Crippen molar-refractivity contribution >= 4 is 5.97 Å². The van der Waals surface area contributed by atoms with Crippen molar-refractivity contribution in [1.29, 1.82) is 0 Å². The molecular weight excluding hydrogens is 252 g/mol. The topological polar surface area (TPSA) is 52.1 Å². The summed E-state index contributed by atoms with van der Waals surface area (Å²) in [5.74, 6) is 1.87. The van der Waals surface area contributed by atoms with E-state index < -0.39 is 5.60 Å². The molecule has 1 heterocycles. The number of ether oxygens (including phenoxy) is 1. The summed E-state index contributed by atoms with van der Waals surface area (Å²) in [4.78, 5) is 21.1. The Bertz CT molecular complexity index is 526. The largest absolute Gasteiger partial charge is 0.460 e. The Morgan fingerprint density at radius 2 is 1.90 bits per heavy atom. The molecule has 0 aliphatic heterocycles. The van der Waals surface area contributed by atoms with Gasteiger partial charge < -0.3 is 4.74 Å². The zero-order valence-corrected chi connectivity index (χ0v) is 12.5. The maximum Gasteiger partial charge on any atom is 0.310 e. The second kappa shape index (κ2) is 4.83. The third-order valence-electron chi connectivity index (χ3n) is 3.58. The second-order valence-electron chi connectivity index (χ2n) is 6.95. The third kappa shape index (κ3) is 3.35. The first kappa shape index (κ1) is 13.5. The first-order valence-electron chi connectivity index (χ1n) is 7.50. The van der Waals surface area contributed by atoms with E-state index in [-0.39, 0.29) is 12.4 Å². The molecule has 1 aromatic heterocycles. The minimum atomic E-state index is -0.439. The van der Waals surface area contributed by atoms with Crippen LogP contribution in [-0.2, 0) is 16.0 Å². The summed E-state index contributed by atoms with van der Waals surface area (Å²) >= 11 is 0. The highest BCUT2D eigenvalue weighted by Crippen LogP contribution is 2.43. The minimum absolute atomic E-state index is 0.192. The maximum absolute atomic E-state index is 12.0. The Balaban J connectivity index is 1.76. The summed E-state index contributed by atoms with van der Waals surface area (Å²) in [6, 6.07) is 0. The van der Waals surface area contributed by atoms with Crippen LogP contribution < -0.4 is 0 Å². The van der Waals surface area contributed by atoms with Crippen LogP contribution in [0.5, 0.6) is 0 Å². The lowest BCUT2D eigenvalue weighted by molar-refractivity contribution is -0.153. The van der Waals surface area contributed by atoms with Gasteiger partial charge in [0.25, 0.3) is 0 Å². The molecule has 0 amide bonds. The Labute approximate surface area is 120 Å². The lowest BCUT2D eigenvalue weighted by Crippen LogP contribution is -2.25. The van der Waals surface area contributed by atoms with E-state index >= 15 is 0 Å². The lowest BCUT2D eigenvalue weighted by Gasteiger charge is -2.20. The fraction of sp³-hybridized carbons (Fsp3) is 0.688. The number of hydrogen-bond donors (Lipinski definition) is 0. The maximum atomic E-state index is 12.0. The summed E-state index contributed by atoms with van der Waals surface area (Å²) in [5, 5.41) is 0. The van der Waals surface area contributed by atoms with Gasteiger partial charge in [0, 0.05) is 23.6 Å². The summed E-state index contributed by atoms with van der Waals surface area (Å²) in [7, 11) is 0. The molecule has 2 aliphatic rings. The Morgan fingerprint density at radius 3 is 2.45 bits per heavy atom. The van der Waals surface area contributed by atoms with Gasteiger partial charge in [-0.3, -0.25) is 4.79 Å². The van der Waals surface area contributed by atoms with E-state index in [2.05, 4.69) is 4.98 Å². The molecule has 0 bridgehead atoms. The number of carbonyl (C=O) groups is 1. The van der Waals surface area contributed by atoms with Crippen molar-refractivity contribution in [2.75, 3.05) is 0 Å². The molecule has 0 aromatic carbocycles. The SMILES string of the molecule is CC(C)(C)OC(=O)Cc1cnc(C2CC2)nc1C1CC1. The molecule has 0 saturated heterocycles. The molecule has 0 atom stereocenters. The van der Waals surface area contributed by atoms with Crippen LogP contribution in [0.3, 0.4) is 0 Å². The van der Waals surface area contributed by atoms with Gasteiger partial charge in [-0.15, -0.1) is 0 Å². The Hall–Kier alpha value is -1.45. The number of esters is 1. The van der Waals surface area contributed by atoms with Crippen LogP contribution >= 0.6 is 0 Å². The van der Waals surface area contributed by atoms with E-state index in [4.69, 9.17) is 9.72 Å². The number of hydrogen-bond acceptors (Lipinski definition) is 4. The molecule has 0 unspecified atom stereocenters. The van der Waals surface area contributed by atoms with Crippen LogP contribution in [0.15, 0.2) is 6.20 Å². The molecule has 3 rings (SSSR count). The average Bonchev–Trinajstić information content (AvgIpc) is 3.20. The van der Waals surface area contributed by atoms with Gasteiger partial charge in [0.05, 0.1) is 12.1 Å². The molecule has 2 aliphatic carbocycles. The molecule has 1 aromatic rings. The van der Waals surface area contributed by atoms with Crippen molar-refractivity contribution in [1.82, 2.24) is 9.97 Å². The van der Waals surface area contributed by atoms with Crippen molar-refractivity contribution < 1.29 is 9.53 Å². The molecule has 2 fully saturated rings. The number of carbonyl (C=O) groups excluding carboxylic acids is 1. The van der Waals surface area contributed by atoms with Gasteiger partial charge in [-0.2, -0.15) is 0 Å². The Kier molecular flexibility index (Phi) is 3.27. The van der Waals surface area contributed by atoms with Crippen molar-refractivity contribution in [3.8, 4) is 0 Å². The van der Waals surface area contributed by atoms with Gasteiger partial charge in [-0.1, -0.05) is 0 Å². The molecule has 108 valence electrons. The molecule has 0 spiro atoms. The first-order valence-corrected chi connectivity index (χ1v) is 7.50. The standard InChI is InChI=1S/C16H22N2O2/c1-16(2,3)20-13(19)8-12-9-17-15(11-6-7-11)18-14(12)10-4-5-10/h9-11H,4-8H2,1-3H3. The van der Waals surface area contributed by atoms with Crippen molar-refractivity contribution in [2.45, 2.75) is 70.3 Å². The van der Waals surface area contributed by atoms with Crippen LogP contribution in [-0.4, -0.2) is 21.5 Å². The van der Waals surface area contributed by atoms with E-state index in [1.54, 1.807) is 0 Å². The van der Waals surface area contributed by atoms with Crippen LogP contribution in [0, 0.1) is 0 Å². The summed E-state index contributed by atoms with van der Waals surface area (Å²) in [6.45, 7) is 5.66. The van der Waals surface area contributed by atoms with Gasteiger partial charge >= 0.3 is 5.97 Å². The van der Waals surface area contributed by atoms with E-state index in [9.17, 15) is 4.79 Å². The summed E-state index contributed by atoms with van der Waals surface area (Å²) in [6.07, 6.45) is 6.90. The lowest BCUT2D eigenvalue weighted by atomic mass is 10.1. The molecular formula is C16H22N2O2. The van der Waals surface area contributed by atoms with E-state index in [0.29, 0.717) is 11.8 Å². The van der Waals surface area contributed by atoms with E-state index in [0.717, 1.165) is 17.1 Å². The fourth-order valence-corrected chi connectivity index (χ4v) is 2.35. The van der Waals surface area contributed by atoms with Gasteiger partial charge in [-0.25, -0.2) is 9.97 Å².